The lowest BCUT2D eigenvalue weighted by Gasteiger charge is -2.16. The summed E-state index contributed by atoms with van der Waals surface area (Å²) in [5, 5.41) is 2.81. The molecule has 0 saturated carbocycles. The summed E-state index contributed by atoms with van der Waals surface area (Å²) in [4.78, 5) is 13.8. The van der Waals surface area contributed by atoms with Gasteiger partial charge in [-0.3, -0.25) is 9.69 Å². The molecule has 0 aromatic heterocycles. The lowest BCUT2D eigenvalue weighted by molar-refractivity contribution is -0.117. The van der Waals surface area contributed by atoms with Crippen LogP contribution in [0.5, 0.6) is 5.75 Å². The van der Waals surface area contributed by atoms with Crippen molar-refractivity contribution < 1.29 is 13.9 Å². The fraction of sp³-hybridized carbons (Fsp3) is 0.278. The summed E-state index contributed by atoms with van der Waals surface area (Å²) in [5.74, 6) is 0.362. The predicted octanol–water partition coefficient (Wildman–Crippen LogP) is 3.29. The van der Waals surface area contributed by atoms with Crippen LogP contribution in [-0.2, 0) is 11.3 Å². The van der Waals surface area contributed by atoms with Crippen LogP contribution in [0.3, 0.4) is 0 Å². The monoisotopic (exact) mass is 316 g/mol. The molecule has 122 valence electrons. The highest BCUT2D eigenvalue weighted by molar-refractivity contribution is 5.92. The van der Waals surface area contributed by atoms with E-state index in [1.54, 1.807) is 42.3 Å². The summed E-state index contributed by atoms with van der Waals surface area (Å²) in [6.45, 7) is 3.08. The van der Waals surface area contributed by atoms with Gasteiger partial charge >= 0.3 is 0 Å². The molecule has 2 aromatic rings. The molecule has 0 aliphatic carbocycles. The third-order valence-corrected chi connectivity index (χ3v) is 3.26. The molecule has 0 aliphatic heterocycles. The molecule has 23 heavy (non-hydrogen) atoms. The Morgan fingerprint density at radius 2 is 1.87 bits per heavy atom. The van der Waals surface area contributed by atoms with Gasteiger partial charge in [0.1, 0.15) is 11.6 Å². The number of carbonyl (C=O) groups excluding carboxylic acids is 1. The molecule has 5 heteroatoms. The molecule has 0 atom stereocenters. The summed E-state index contributed by atoms with van der Waals surface area (Å²) in [5.41, 5.74) is 1.28. The Bertz CT molecular complexity index is 644. The molecule has 0 unspecified atom stereocenters. The van der Waals surface area contributed by atoms with E-state index in [0.717, 1.165) is 5.75 Å². The molecule has 0 aliphatic rings. The minimum Gasteiger partial charge on any atom is -0.494 e. The van der Waals surface area contributed by atoms with Gasteiger partial charge in [0.2, 0.25) is 5.91 Å². The van der Waals surface area contributed by atoms with Crippen molar-refractivity contribution in [2.45, 2.75) is 13.5 Å². The number of ether oxygens (including phenoxy) is 1. The van der Waals surface area contributed by atoms with Gasteiger partial charge in [0.25, 0.3) is 0 Å². The van der Waals surface area contributed by atoms with E-state index in [1.165, 1.54) is 6.07 Å². The van der Waals surface area contributed by atoms with Gasteiger partial charge in [-0.05, 0) is 44.3 Å². The number of likely N-dealkylation sites (N-methyl/N-ethyl adjacent to an activating group) is 1. The Balaban J connectivity index is 1.85. The third-order valence-electron chi connectivity index (χ3n) is 3.26. The van der Waals surface area contributed by atoms with E-state index in [4.69, 9.17) is 4.74 Å². The van der Waals surface area contributed by atoms with Gasteiger partial charge in [0.15, 0.2) is 0 Å². The van der Waals surface area contributed by atoms with Crippen LogP contribution in [0.1, 0.15) is 12.5 Å². The number of hydrogen-bond donors (Lipinski definition) is 1. The number of rotatable bonds is 7. The van der Waals surface area contributed by atoms with Gasteiger partial charge in [-0.15, -0.1) is 0 Å². The van der Waals surface area contributed by atoms with Crippen molar-refractivity contribution in [1.29, 1.82) is 0 Å². The first-order valence-corrected chi connectivity index (χ1v) is 7.53. The highest BCUT2D eigenvalue weighted by Gasteiger charge is 2.09. The van der Waals surface area contributed by atoms with Crippen LogP contribution >= 0.6 is 0 Å². The number of halogens is 1. The molecule has 0 fully saturated rings. The van der Waals surface area contributed by atoms with Gasteiger partial charge < -0.3 is 10.1 Å². The maximum atomic E-state index is 13.6. The first kappa shape index (κ1) is 17.0. The maximum Gasteiger partial charge on any atom is 0.238 e. The van der Waals surface area contributed by atoms with Crippen LogP contribution in [0.4, 0.5) is 10.1 Å². The Morgan fingerprint density at radius 1 is 1.17 bits per heavy atom. The number of carbonyl (C=O) groups is 1. The SMILES string of the molecule is CCOc1ccc(NC(=O)CN(C)Cc2ccccc2F)cc1. The van der Waals surface area contributed by atoms with E-state index >= 15 is 0 Å². The minimum atomic E-state index is -0.258. The Kier molecular flexibility index (Phi) is 6.11. The molecule has 1 N–H and O–H groups in total. The second-order valence-corrected chi connectivity index (χ2v) is 5.27. The number of nitrogens with one attached hydrogen (secondary N) is 1. The van der Waals surface area contributed by atoms with Gasteiger partial charge in [-0.2, -0.15) is 0 Å². The molecule has 0 radical (unpaired) electrons. The summed E-state index contributed by atoms with van der Waals surface area (Å²) < 4.78 is 18.9. The van der Waals surface area contributed by atoms with Crippen LogP contribution < -0.4 is 10.1 Å². The standard InChI is InChI=1S/C18H21FN2O2/c1-3-23-16-10-8-15(9-11-16)20-18(22)13-21(2)12-14-6-4-5-7-17(14)19/h4-11H,3,12-13H2,1-2H3,(H,20,22). The Hall–Kier alpha value is -2.40. The highest BCUT2D eigenvalue weighted by Crippen LogP contribution is 2.15. The number of nitrogens with zero attached hydrogens (tertiary/aromatic N) is 1. The topological polar surface area (TPSA) is 41.6 Å². The summed E-state index contributed by atoms with van der Waals surface area (Å²) in [6, 6.07) is 13.8. The van der Waals surface area contributed by atoms with Crippen LogP contribution in [0.2, 0.25) is 0 Å². The average Bonchev–Trinajstić information content (AvgIpc) is 2.51. The molecular formula is C18H21FN2O2. The first-order chi connectivity index (χ1) is 11.1. The van der Waals surface area contributed by atoms with Crippen molar-refractivity contribution in [3.05, 3.63) is 59.9 Å². The van der Waals surface area contributed by atoms with Crippen molar-refractivity contribution in [3.8, 4) is 5.75 Å². The normalized spacial score (nSPS) is 10.6. The fourth-order valence-corrected chi connectivity index (χ4v) is 2.22. The van der Waals surface area contributed by atoms with Crippen LogP contribution in [0, 0.1) is 5.82 Å². The van der Waals surface area contributed by atoms with E-state index in [0.29, 0.717) is 24.4 Å². The zero-order chi connectivity index (χ0) is 16.7. The number of amides is 1. The van der Waals surface area contributed by atoms with E-state index in [2.05, 4.69) is 5.32 Å². The number of anilines is 1. The molecule has 0 spiro atoms. The molecule has 0 heterocycles. The van der Waals surface area contributed by atoms with E-state index in [9.17, 15) is 9.18 Å². The quantitative estimate of drug-likeness (QED) is 0.852. The number of benzene rings is 2. The second-order valence-electron chi connectivity index (χ2n) is 5.27. The van der Waals surface area contributed by atoms with Gasteiger partial charge in [-0.1, -0.05) is 18.2 Å². The predicted molar refractivity (Wildman–Crippen MR) is 89.0 cm³/mol. The molecule has 0 saturated heterocycles. The molecule has 0 bridgehead atoms. The zero-order valence-corrected chi connectivity index (χ0v) is 13.4. The third kappa shape index (κ3) is 5.38. The fourth-order valence-electron chi connectivity index (χ4n) is 2.22. The first-order valence-electron chi connectivity index (χ1n) is 7.53. The van der Waals surface area contributed by atoms with Crippen LogP contribution in [0.15, 0.2) is 48.5 Å². The van der Waals surface area contributed by atoms with Crippen molar-refractivity contribution in [1.82, 2.24) is 4.90 Å². The summed E-state index contributed by atoms with van der Waals surface area (Å²) >= 11 is 0. The largest absolute Gasteiger partial charge is 0.494 e. The lowest BCUT2D eigenvalue weighted by Crippen LogP contribution is -2.30. The van der Waals surface area contributed by atoms with Gasteiger partial charge in [-0.25, -0.2) is 4.39 Å². The van der Waals surface area contributed by atoms with E-state index in [1.807, 2.05) is 19.1 Å². The highest BCUT2D eigenvalue weighted by atomic mass is 19.1. The van der Waals surface area contributed by atoms with E-state index < -0.39 is 0 Å². The maximum absolute atomic E-state index is 13.6. The zero-order valence-electron chi connectivity index (χ0n) is 13.4. The van der Waals surface area contributed by atoms with E-state index in [-0.39, 0.29) is 18.3 Å². The second kappa shape index (κ2) is 8.29. The van der Waals surface area contributed by atoms with Crippen molar-refractivity contribution >= 4 is 11.6 Å². The summed E-state index contributed by atoms with van der Waals surface area (Å²) in [7, 11) is 1.78. The molecule has 2 rings (SSSR count). The van der Waals surface area contributed by atoms with Gasteiger partial charge in [0.05, 0.1) is 13.2 Å². The average molecular weight is 316 g/mol. The smallest absolute Gasteiger partial charge is 0.238 e. The lowest BCUT2D eigenvalue weighted by atomic mass is 10.2. The van der Waals surface area contributed by atoms with Crippen molar-refractivity contribution in [2.75, 3.05) is 25.5 Å². The minimum absolute atomic E-state index is 0.145. The molecule has 4 nitrogen and oxygen atoms in total. The van der Waals surface area contributed by atoms with Crippen molar-refractivity contribution in [2.24, 2.45) is 0 Å². The Morgan fingerprint density at radius 3 is 2.52 bits per heavy atom. The number of hydrogen-bond acceptors (Lipinski definition) is 3. The van der Waals surface area contributed by atoms with Gasteiger partial charge in [0, 0.05) is 17.8 Å². The van der Waals surface area contributed by atoms with Crippen LogP contribution in [-0.4, -0.2) is 31.0 Å². The molecule has 1 amide bonds. The summed E-state index contributed by atoms with van der Waals surface area (Å²) in [6.07, 6.45) is 0. The molecule has 2 aromatic carbocycles. The molecular weight excluding hydrogens is 295 g/mol. The van der Waals surface area contributed by atoms with Crippen molar-refractivity contribution in [3.63, 3.8) is 0 Å². The Labute approximate surface area is 135 Å². The van der Waals surface area contributed by atoms with Crippen LogP contribution in [0.25, 0.3) is 0 Å².